The Balaban J connectivity index is 1.87. The number of fused-ring (bicyclic) bond motifs is 1. The van der Waals surface area contributed by atoms with Gasteiger partial charge in [0.15, 0.2) is 11.9 Å². The fourth-order valence-electron chi connectivity index (χ4n) is 2.63. The Bertz CT molecular complexity index is 1220. The summed E-state index contributed by atoms with van der Waals surface area (Å²) in [4.78, 5) is 12.4. The number of rotatable bonds is 7. The van der Waals surface area contributed by atoms with Crippen LogP contribution in [0.4, 0.5) is 0 Å². The number of aliphatic hydroxyl groups excluding tert-OH is 2. The van der Waals surface area contributed by atoms with Crippen molar-refractivity contribution in [3.63, 3.8) is 0 Å². The molecule has 2 aromatic heterocycles. The average Bonchev–Trinajstić information content (AvgIpc) is 3.17. The van der Waals surface area contributed by atoms with Crippen LogP contribution >= 0.6 is 11.6 Å². The third kappa shape index (κ3) is 5.75. The summed E-state index contributed by atoms with van der Waals surface area (Å²) in [6.45, 7) is -0.604. The van der Waals surface area contributed by atoms with Gasteiger partial charge in [-0.1, -0.05) is 17.5 Å². The Morgan fingerprint density at radius 2 is 1.90 bits per heavy atom. The highest BCUT2D eigenvalue weighted by atomic mass is 35.5. The Hall–Kier alpha value is -2.63. The molecule has 0 aliphatic carbocycles. The maximum Gasteiger partial charge on any atom is 0.333 e. The second-order valence-electron chi connectivity index (χ2n) is 6.26. The zero-order valence-electron chi connectivity index (χ0n) is 16.1. The first-order valence-electron chi connectivity index (χ1n) is 8.71. The summed E-state index contributed by atoms with van der Waals surface area (Å²) in [6.07, 6.45) is -1.91. The number of hydrogen-bond acceptors (Lipinski definition) is 9. The molecule has 0 saturated heterocycles. The first kappa shape index (κ1) is 23.0. The van der Waals surface area contributed by atoms with Crippen LogP contribution in [0.1, 0.15) is 17.5 Å². The summed E-state index contributed by atoms with van der Waals surface area (Å²) in [6, 6.07) is 6.92. The lowest BCUT2D eigenvalue weighted by atomic mass is 10.2. The number of hydrogen-bond donors (Lipinski definition) is 3. The topological polar surface area (TPSA) is 163 Å². The maximum atomic E-state index is 11.0. The number of methoxy groups -OCH3 is 1. The monoisotopic (exact) mass is 467 g/mol. The van der Waals surface area contributed by atoms with E-state index in [0.717, 1.165) is 0 Å². The molecule has 0 aliphatic heterocycles. The molecule has 3 aromatic rings. The van der Waals surface area contributed by atoms with E-state index in [9.17, 15) is 18.6 Å². The van der Waals surface area contributed by atoms with Crippen LogP contribution in [0.3, 0.4) is 0 Å². The van der Waals surface area contributed by atoms with Crippen LogP contribution in [0, 0.1) is 11.8 Å². The summed E-state index contributed by atoms with van der Waals surface area (Å²) in [7, 11) is -3.04. The van der Waals surface area contributed by atoms with Crippen molar-refractivity contribution in [3.05, 3.63) is 53.2 Å². The number of nitrogens with two attached hydrogens (primary N) is 1. The molecule has 0 bridgehead atoms. The van der Waals surface area contributed by atoms with Crippen molar-refractivity contribution < 1.29 is 27.6 Å². The second-order valence-corrected chi connectivity index (χ2v) is 7.92. The van der Waals surface area contributed by atoms with Crippen LogP contribution in [0.2, 0.25) is 5.02 Å². The van der Waals surface area contributed by atoms with Crippen LogP contribution in [0.5, 0.6) is 0 Å². The van der Waals surface area contributed by atoms with E-state index < -0.39 is 35.3 Å². The molecule has 0 saturated carbocycles. The number of halogens is 1. The molecule has 164 valence electrons. The van der Waals surface area contributed by atoms with Crippen molar-refractivity contribution in [2.45, 2.75) is 18.4 Å². The van der Waals surface area contributed by atoms with Gasteiger partial charge in [0, 0.05) is 17.7 Å². The Kier molecular flexibility index (Phi) is 7.19. The number of nitrogens with zero attached hydrogens (tertiary/aromatic N) is 4. The number of ether oxygens (including phenoxy) is 1. The number of aliphatic hydroxyl groups is 2. The molecule has 11 nitrogen and oxygen atoms in total. The average molecular weight is 468 g/mol. The molecule has 0 aliphatic rings. The van der Waals surface area contributed by atoms with Crippen LogP contribution in [0.25, 0.3) is 11.2 Å². The largest absolute Gasteiger partial charge is 0.386 e. The highest BCUT2D eigenvalue weighted by molar-refractivity contribution is 7.84. The highest BCUT2D eigenvalue weighted by Gasteiger charge is 2.30. The van der Waals surface area contributed by atoms with Gasteiger partial charge in [-0.25, -0.2) is 20.1 Å². The van der Waals surface area contributed by atoms with Gasteiger partial charge in [0.1, 0.15) is 29.7 Å². The van der Waals surface area contributed by atoms with Crippen LogP contribution < -0.4 is 5.14 Å². The Morgan fingerprint density at radius 1 is 1.19 bits per heavy atom. The van der Waals surface area contributed by atoms with E-state index in [2.05, 4.69) is 31.0 Å². The van der Waals surface area contributed by atoms with Crippen molar-refractivity contribution in [2.75, 3.05) is 13.7 Å². The van der Waals surface area contributed by atoms with Gasteiger partial charge in [-0.3, -0.25) is 8.75 Å². The first-order chi connectivity index (χ1) is 14.7. The fraction of sp³-hybridized carbons (Fsp3) is 0.278. The smallest absolute Gasteiger partial charge is 0.333 e. The molecule has 0 spiro atoms. The van der Waals surface area contributed by atoms with E-state index in [1.54, 1.807) is 24.3 Å². The second kappa shape index (κ2) is 9.67. The number of imidazole rings is 1. The van der Waals surface area contributed by atoms with Gasteiger partial charge in [-0.2, -0.15) is 8.42 Å². The molecule has 3 rings (SSSR count). The quantitative estimate of drug-likeness (QED) is 0.405. The molecular formula is C18H18ClN5O6S. The van der Waals surface area contributed by atoms with E-state index in [4.69, 9.17) is 21.5 Å². The van der Waals surface area contributed by atoms with Gasteiger partial charge in [0.05, 0.1) is 12.9 Å². The van der Waals surface area contributed by atoms with E-state index in [-0.39, 0.29) is 5.65 Å². The maximum absolute atomic E-state index is 11.0. The SMILES string of the molecule is CO[C@H](COS(N)(=O)=O)[C@@H](O)[C@@H](O)n1cnc2c(C#Cc3ccc(Cl)cc3)ncnc21. The van der Waals surface area contributed by atoms with Crippen molar-refractivity contribution in [2.24, 2.45) is 5.14 Å². The van der Waals surface area contributed by atoms with E-state index >= 15 is 0 Å². The lowest BCUT2D eigenvalue weighted by Gasteiger charge is -2.25. The molecule has 13 heteroatoms. The predicted octanol–water partition coefficient (Wildman–Crippen LogP) is -0.0336. The lowest BCUT2D eigenvalue weighted by Crippen LogP contribution is -2.40. The molecule has 4 N–H and O–H groups in total. The predicted molar refractivity (Wildman–Crippen MR) is 110 cm³/mol. The molecule has 0 fully saturated rings. The molecule has 0 radical (unpaired) electrons. The highest BCUT2D eigenvalue weighted by Crippen LogP contribution is 2.21. The van der Waals surface area contributed by atoms with Crippen LogP contribution in [0.15, 0.2) is 36.9 Å². The van der Waals surface area contributed by atoms with E-state index in [1.165, 1.54) is 24.3 Å². The minimum absolute atomic E-state index is 0.198. The van der Waals surface area contributed by atoms with Gasteiger partial charge in [0.2, 0.25) is 0 Å². The van der Waals surface area contributed by atoms with Gasteiger partial charge in [-0.05, 0) is 30.2 Å². The summed E-state index contributed by atoms with van der Waals surface area (Å²) in [5.74, 6) is 5.82. The minimum atomic E-state index is -4.25. The molecule has 3 atom stereocenters. The van der Waals surface area contributed by atoms with Gasteiger partial charge >= 0.3 is 10.3 Å². The van der Waals surface area contributed by atoms with Crippen molar-refractivity contribution in [3.8, 4) is 11.8 Å². The molecule has 2 heterocycles. The fourth-order valence-corrected chi connectivity index (χ4v) is 3.08. The summed E-state index contributed by atoms with van der Waals surface area (Å²) >= 11 is 5.86. The van der Waals surface area contributed by atoms with Crippen molar-refractivity contribution in [1.29, 1.82) is 0 Å². The standard InChI is InChI=1S/C18H18ClN5O6S/c1-29-14(8-30-31(20,27)28)16(25)18(26)24-10-23-15-13(21-9-22-17(15)24)7-4-11-2-5-12(19)6-3-11/h2-3,5-6,9-10,14,16,18,25-26H,8H2,1H3,(H2,20,27,28)/t14-,16-,18-/m1/s1. The van der Waals surface area contributed by atoms with Crippen LogP contribution in [-0.2, 0) is 19.2 Å². The zero-order chi connectivity index (χ0) is 22.6. The first-order valence-corrected chi connectivity index (χ1v) is 10.6. The molecule has 0 amide bonds. The number of aromatic nitrogens is 4. The molecule has 1 aromatic carbocycles. The summed E-state index contributed by atoms with van der Waals surface area (Å²) < 4.78 is 32.6. The summed E-state index contributed by atoms with van der Waals surface area (Å²) in [5, 5.41) is 26.4. The van der Waals surface area contributed by atoms with Gasteiger partial charge in [-0.15, -0.1) is 0 Å². The summed E-state index contributed by atoms with van der Waals surface area (Å²) in [5.41, 5.74) is 1.51. The minimum Gasteiger partial charge on any atom is -0.386 e. The Labute approximate surface area is 182 Å². The van der Waals surface area contributed by atoms with E-state index in [0.29, 0.717) is 21.8 Å². The number of benzene rings is 1. The van der Waals surface area contributed by atoms with Crippen molar-refractivity contribution >= 4 is 33.1 Å². The third-order valence-corrected chi connectivity index (χ3v) is 4.92. The third-order valence-electron chi connectivity index (χ3n) is 4.20. The normalized spacial score (nSPS) is 14.6. The Morgan fingerprint density at radius 3 is 2.55 bits per heavy atom. The van der Waals surface area contributed by atoms with Crippen LogP contribution in [-0.4, -0.2) is 64.1 Å². The van der Waals surface area contributed by atoms with Crippen molar-refractivity contribution in [1.82, 2.24) is 19.5 Å². The van der Waals surface area contributed by atoms with Gasteiger partial charge in [0.25, 0.3) is 0 Å². The van der Waals surface area contributed by atoms with E-state index in [1.807, 2.05) is 0 Å². The zero-order valence-corrected chi connectivity index (χ0v) is 17.7. The molecule has 0 unspecified atom stereocenters. The lowest BCUT2D eigenvalue weighted by molar-refractivity contribution is -0.112. The van der Waals surface area contributed by atoms with Gasteiger partial charge < -0.3 is 14.9 Å². The molecule has 31 heavy (non-hydrogen) atoms. The molecular weight excluding hydrogens is 450 g/mol.